The quantitative estimate of drug-likeness (QED) is 0.675. The van der Waals surface area contributed by atoms with Gasteiger partial charge in [0.25, 0.3) is 5.91 Å². The Bertz CT molecular complexity index is 271. The van der Waals surface area contributed by atoms with E-state index in [0.717, 1.165) is 19.4 Å². The Morgan fingerprint density at radius 2 is 2.12 bits per heavy atom. The SMILES string of the molecule is C[C@H]1CN(C(=O)[C@@H]2CCCO2)C(C)(C)CO1. The fourth-order valence-electron chi connectivity index (χ4n) is 2.32. The van der Waals surface area contributed by atoms with Gasteiger partial charge in [0, 0.05) is 13.2 Å². The highest BCUT2D eigenvalue weighted by Crippen LogP contribution is 2.25. The lowest BCUT2D eigenvalue weighted by molar-refractivity contribution is -0.162. The van der Waals surface area contributed by atoms with Crippen LogP contribution in [0.25, 0.3) is 0 Å². The smallest absolute Gasteiger partial charge is 0.252 e. The summed E-state index contributed by atoms with van der Waals surface area (Å²) in [6, 6.07) is 0. The maximum Gasteiger partial charge on any atom is 0.252 e. The molecule has 16 heavy (non-hydrogen) atoms. The second-order valence-corrected chi connectivity index (χ2v) is 5.38. The molecule has 0 aromatic rings. The van der Waals surface area contributed by atoms with Crippen LogP contribution in [0.4, 0.5) is 0 Å². The monoisotopic (exact) mass is 227 g/mol. The van der Waals surface area contributed by atoms with Crippen LogP contribution < -0.4 is 0 Å². The Labute approximate surface area is 96.9 Å². The van der Waals surface area contributed by atoms with E-state index in [1.54, 1.807) is 0 Å². The van der Waals surface area contributed by atoms with Gasteiger partial charge in [0.1, 0.15) is 6.10 Å². The van der Waals surface area contributed by atoms with E-state index in [1.165, 1.54) is 0 Å². The molecule has 0 aliphatic carbocycles. The van der Waals surface area contributed by atoms with Gasteiger partial charge >= 0.3 is 0 Å². The van der Waals surface area contributed by atoms with Gasteiger partial charge in [-0.1, -0.05) is 0 Å². The van der Waals surface area contributed by atoms with E-state index in [9.17, 15) is 4.79 Å². The molecule has 0 spiro atoms. The number of morpholine rings is 1. The molecule has 2 heterocycles. The molecule has 2 rings (SSSR count). The fraction of sp³-hybridized carbons (Fsp3) is 0.917. The van der Waals surface area contributed by atoms with Gasteiger partial charge in [-0.25, -0.2) is 0 Å². The molecule has 0 saturated carbocycles. The number of amides is 1. The summed E-state index contributed by atoms with van der Waals surface area (Å²) in [7, 11) is 0. The van der Waals surface area contributed by atoms with Crippen LogP contribution in [0.15, 0.2) is 0 Å². The molecule has 0 N–H and O–H groups in total. The number of carbonyl (C=O) groups excluding carboxylic acids is 1. The minimum Gasteiger partial charge on any atom is -0.374 e. The molecule has 92 valence electrons. The normalized spacial score (nSPS) is 34.1. The highest BCUT2D eigenvalue weighted by molar-refractivity contribution is 5.82. The molecule has 0 radical (unpaired) electrons. The van der Waals surface area contributed by atoms with E-state index < -0.39 is 0 Å². The Balaban J connectivity index is 2.07. The molecule has 0 aromatic heterocycles. The van der Waals surface area contributed by atoms with E-state index in [2.05, 4.69) is 0 Å². The van der Waals surface area contributed by atoms with Crippen LogP contribution in [0.2, 0.25) is 0 Å². The van der Waals surface area contributed by atoms with Gasteiger partial charge in [-0.15, -0.1) is 0 Å². The highest BCUT2D eigenvalue weighted by Gasteiger charge is 2.40. The van der Waals surface area contributed by atoms with Crippen LogP contribution in [-0.4, -0.2) is 48.3 Å². The molecule has 0 unspecified atom stereocenters. The lowest BCUT2D eigenvalue weighted by Crippen LogP contribution is -2.59. The first-order chi connectivity index (χ1) is 7.50. The van der Waals surface area contributed by atoms with Crippen molar-refractivity contribution >= 4 is 5.91 Å². The largest absolute Gasteiger partial charge is 0.374 e. The zero-order chi connectivity index (χ0) is 11.8. The fourth-order valence-corrected chi connectivity index (χ4v) is 2.32. The number of nitrogens with zero attached hydrogens (tertiary/aromatic N) is 1. The van der Waals surface area contributed by atoms with Crippen molar-refractivity contribution in [2.45, 2.75) is 51.4 Å². The molecule has 2 aliphatic rings. The van der Waals surface area contributed by atoms with Gasteiger partial charge in [-0.3, -0.25) is 4.79 Å². The van der Waals surface area contributed by atoms with E-state index in [1.807, 2.05) is 25.7 Å². The maximum absolute atomic E-state index is 12.3. The summed E-state index contributed by atoms with van der Waals surface area (Å²) < 4.78 is 11.1. The molecule has 2 aliphatic heterocycles. The summed E-state index contributed by atoms with van der Waals surface area (Å²) >= 11 is 0. The average Bonchev–Trinajstić information content (AvgIpc) is 2.74. The molecule has 2 fully saturated rings. The average molecular weight is 227 g/mol. The van der Waals surface area contributed by atoms with E-state index in [-0.39, 0.29) is 23.7 Å². The van der Waals surface area contributed by atoms with Crippen LogP contribution in [0.1, 0.15) is 33.6 Å². The third-order valence-electron chi connectivity index (χ3n) is 3.36. The Morgan fingerprint density at radius 3 is 2.75 bits per heavy atom. The molecule has 0 aromatic carbocycles. The van der Waals surface area contributed by atoms with Gasteiger partial charge in [-0.2, -0.15) is 0 Å². The highest BCUT2D eigenvalue weighted by atomic mass is 16.5. The van der Waals surface area contributed by atoms with Gasteiger partial charge in [-0.05, 0) is 33.6 Å². The predicted octanol–water partition coefficient (Wildman–Crippen LogP) is 1.19. The van der Waals surface area contributed by atoms with E-state index in [0.29, 0.717) is 13.2 Å². The second-order valence-electron chi connectivity index (χ2n) is 5.38. The second kappa shape index (κ2) is 4.34. The first-order valence-electron chi connectivity index (χ1n) is 6.05. The molecular formula is C12H21NO3. The van der Waals surface area contributed by atoms with E-state index in [4.69, 9.17) is 9.47 Å². The van der Waals surface area contributed by atoms with Crippen molar-refractivity contribution in [1.29, 1.82) is 0 Å². The maximum atomic E-state index is 12.3. The molecule has 2 saturated heterocycles. The number of hydrogen-bond acceptors (Lipinski definition) is 3. The number of ether oxygens (including phenoxy) is 2. The number of rotatable bonds is 1. The zero-order valence-corrected chi connectivity index (χ0v) is 10.4. The minimum absolute atomic E-state index is 0.123. The standard InChI is InChI=1S/C12H21NO3/c1-9-7-13(12(2,3)8-16-9)11(14)10-5-4-6-15-10/h9-10H,4-8H2,1-3H3/t9-,10-/m0/s1. The van der Waals surface area contributed by atoms with Crippen molar-refractivity contribution in [3.05, 3.63) is 0 Å². The molecule has 4 nitrogen and oxygen atoms in total. The number of carbonyl (C=O) groups is 1. The third kappa shape index (κ3) is 2.23. The molecular weight excluding hydrogens is 206 g/mol. The van der Waals surface area contributed by atoms with Crippen LogP contribution in [0.3, 0.4) is 0 Å². The molecule has 2 atom stereocenters. The summed E-state index contributed by atoms with van der Waals surface area (Å²) in [5, 5.41) is 0. The third-order valence-corrected chi connectivity index (χ3v) is 3.36. The molecule has 4 heteroatoms. The Hall–Kier alpha value is -0.610. The van der Waals surface area contributed by atoms with E-state index >= 15 is 0 Å². The van der Waals surface area contributed by atoms with Crippen molar-refractivity contribution in [1.82, 2.24) is 4.90 Å². The first kappa shape index (κ1) is 11.9. The summed E-state index contributed by atoms with van der Waals surface area (Å²) in [5.74, 6) is 0.137. The first-order valence-corrected chi connectivity index (χ1v) is 6.05. The summed E-state index contributed by atoms with van der Waals surface area (Å²) in [4.78, 5) is 14.2. The van der Waals surface area contributed by atoms with Crippen molar-refractivity contribution in [3.63, 3.8) is 0 Å². The minimum atomic E-state index is -0.218. The van der Waals surface area contributed by atoms with Crippen LogP contribution in [-0.2, 0) is 14.3 Å². The van der Waals surface area contributed by atoms with Gasteiger partial charge in [0.2, 0.25) is 0 Å². The Morgan fingerprint density at radius 1 is 1.38 bits per heavy atom. The Kier molecular flexibility index (Phi) is 3.22. The number of hydrogen-bond donors (Lipinski definition) is 0. The van der Waals surface area contributed by atoms with Crippen LogP contribution >= 0.6 is 0 Å². The molecule has 1 amide bonds. The lowest BCUT2D eigenvalue weighted by atomic mass is 9.99. The summed E-state index contributed by atoms with van der Waals surface area (Å²) in [6.07, 6.45) is 1.76. The van der Waals surface area contributed by atoms with Crippen molar-refractivity contribution in [2.75, 3.05) is 19.8 Å². The van der Waals surface area contributed by atoms with Crippen LogP contribution in [0.5, 0.6) is 0 Å². The zero-order valence-electron chi connectivity index (χ0n) is 10.4. The van der Waals surface area contributed by atoms with Crippen molar-refractivity contribution < 1.29 is 14.3 Å². The van der Waals surface area contributed by atoms with Crippen LogP contribution in [0, 0.1) is 0 Å². The van der Waals surface area contributed by atoms with Gasteiger partial charge in [0.15, 0.2) is 0 Å². The summed E-state index contributed by atoms with van der Waals surface area (Å²) in [6.45, 7) is 8.09. The van der Waals surface area contributed by atoms with Crippen molar-refractivity contribution in [3.8, 4) is 0 Å². The molecule has 0 bridgehead atoms. The van der Waals surface area contributed by atoms with Crippen molar-refractivity contribution in [2.24, 2.45) is 0 Å². The predicted molar refractivity (Wildman–Crippen MR) is 60.2 cm³/mol. The van der Waals surface area contributed by atoms with Gasteiger partial charge < -0.3 is 14.4 Å². The topological polar surface area (TPSA) is 38.8 Å². The summed E-state index contributed by atoms with van der Waals surface area (Å²) in [5.41, 5.74) is -0.213. The lowest BCUT2D eigenvalue weighted by Gasteiger charge is -2.45. The van der Waals surface area contributed by atoms with Gasteiger partial charge in [0.05, 0.1) is 18.2 Å².